The van der Waals surface area contributed by atoms with Gasteiger partial charge in [0.25, 0.3) is 0 Å². The predicted molar refractivity (Wildman–Crippen MR) is 46.4 cm³/mol. The molecular weight excluding hydrogens is 168 g/mol. The Balaban J connectivity index is 1.70. The van der Waals surface area contributed by atoms with Crippen molar-refractivity contribution in [2.24, 2.45) is 57.2 Å². The number of hydrogen-bond donors (Lipinski definition) is 0. The lowest BCUT2D eigenvalue weighted by Gasteiger charge is -2.20. The average Bonchev–Trinajstić information content (AvgIpc) is 2.91. The van der Waals surface area contributed by atoms with Crippen LogP contribution < -0.4 is 0 Å². The first-order chi connectivity index (χ1) is 6.89. The van der Waals surface area contributed by atoms with Crippen molar-refractivity contribution in [1.82, 2.24) is 0 Å². The first kappa shape index (κ1) is 4.72. The molecule has 0 amide bonds. The molecule has 0 saturated heterocycles. The van der Waals surface area contributed by atoms with Gasteiger partial charge in [-0.25, -0.2) is 0 Å². The molecule has 8 atom stereocenters. The minimum Gasteiger partial charge on any atom is 0.0506 e. The summed E-state index contributed by atoms with van der Waals surface area (Å²) < 4.78 is 0. The molecule has 0 nitrogen and oxygen atoms in total. The molecule has 0 N–H and O–H groups in total. The molecule has 0 aromatic rings. The summed E-state index contributed by atoms with van der Waals surface area (Å²) in [6.45, 7) is 0. The first-order valence-corrected chi connectivity index (χ1v) is 6.65. The van der Waals surface area contributed by atoms with Gasteiger partial charge in [0, 0.05) is 0 Å². The molecule has 10 fully saturated rings. The van der Waals surface area contributed by atoms with Gasteiger partial charge in [0.1, 0.15) is 23.7 Å². The minimum absolute atomic E-state index is 0.984. The molecule has 14 heavy (non-hydrogen) atoms. The van der Waals surface area contributed by atoms with E-state index in [4.69, 9.17) is 0 Å². The van der Waals surface area contributed by atoms with Crippen LogP contribution in [-0.2, 0) is 0 Å². The maximum Gasteiger partial charge on any atom is 0.170 e. The van der Waals surface area contributed by atoms with E-state index in [1.807, 2.05) is 0 Å². The lowest BCUT2D eigenvalue weighted by Crippen LogP contribution is -2.28. The van der Waals surface area contributed by atoms with Gasteiger partial charge in [-0.15, -0.1) is 0 Å². The summed E-state index contributed by atoms with van der Waals surface area (Å²) in [5, 5.41) is 0. The third-order valence-corrected chi connectivity index (χ3v) is 9.52. The van der Waals surface area contributed by atoms with Crippen LogP contribution in [0.5, 0.6) is 0 Å². The fraction of sp³-hybridized carbons (Fsp3) is 0.857. The molecule has 0 bridgehead atoms. The average molecular weight is 178 g/mol. The van der Waals surface area contributed by atoms with Gasteiger partial charge >= 0.3 is 0 Å². The van der Waals surface area contributed by atoms with Crippen LogP contribution >= 0.6 is 0 Å². The van der Waals surface area contributed by atoms with E-state index >= 15 is 0 Å². The SMILES string of the molecule is C1C23[C+]4C5C6C2C2[C+]7C68CC78C5C2C143. The maximum absolute atomic E-state index is 2.20. The molecule has 10 aliphatic rings. The van der Waals surface area contributed by atoms with E-state index in [1.54, 1.807) is 12.8 Å². The van der Waals surface area contributed by atoms with Gasteiger partial charge in [-0.05, 0) is 0 Å². The molecule has 4 spiro atoms. The van der Waals surface area contributed by atoms with Crippen molar-refractivity contribution in [3.05, 3.63) is 11.8 Å². The van der Waals surface area contributed by atoms with Gasteiger partial charge in [0.2, 0.25) is 0 Å². The molecule has 0 heteroatoms. The summed E-state index contributed by atoms with van der Waals surface area (Å²) in [5.41, 5.74) is 3.94. The van der Waals surface area contributed by atoms with Crippen LogP contribution in [0.3, 0.4) is 0 Å². The second-order valence-electron chi connectivity index (χ2n) is 8.22. The molecule has 0 radical (unpaired) electrons. The van der Waals surface area contributed by atoms with Gasteiger partial charge in [0.15, 0.2) is 21.7 Å². The Morgan fingerprint density at radius 1 is 0.643 bits per heavy atom. The highest BCUT2D eigenvalue weighted by atomic mass is 15.3. The third-order valence-electron chi connectivity index (χ3n) is 9.52. The Kier molecular flexibility index (Phi) is 0.239. The monoisotopic (exact) mass is 178 g/mol. The van der Waals surface area contributed by atoms with Gasteiger partial charge in [-0.1, -0.05) is 0 Å². The van der Waals surface area contributed by atoms with Gasteiger partial charge in [-0.3, -0.25) is 0 Å². The molecule has 0 aliphatic heterocycles. The van der Waals surface area contributed by atoms with E-state index in [-0.39, 0.29) is 0 Å². The van der Waals surface area contributed by atoms with Crippen molar-refractivity contribution in [3.8, 4) is 0 Å². The van der Waals surface area contributed by atoms with Gasteiger partial charge < -0.3 is 0 Å². The Morgan fingerprint density at radius 2 is 1.00 bits per heavy atom. The molecule has 10 saturated carbocycles. The largest absolute Gasteiger partial charge is 0.170 e. The standard InChI is InChI=1S/C14H10/c1-11-5-3-6-8-4(9(11)12(1,6)11)7(5)13-2-14(8,13)10(3)13/h3-8H,1-2H2/q+2. The molecular formula is C14H10+2. The molecule has 10 rings (SSSR count). The summed E-state index contributed by atoms with van der Waals surface area (Å²) in [6, 6.07) is 0. The first-order valence-electron chi connectivity index (χ1n) is 6.65. The highest BCUT2D eigenvalue weighted by molar-refractivity contribution is 5.83. The molecule has 0 heterocycles. The molecule has 64 valence electrons. The van der Waals surface area contributed by atoms with Crippen molar-refractivity contribution in [1.29, 1.82) is 0 Å². The van der Waals surface area contributed by atoms with Crippen molar-refractivity contribution < 1.29 is 0 Å². The second-order valence-corrected chi connectivity index (χ2v) is 8.22. The van der Waals surface area contributed by atoms with Crippen LogP contribution in [0.25, 0.3) is 0 Å². The van der Waals surface area contributed by atoms with Crippen LogP contribution in [0, 0.1) is 69.0 Å². The second kappa shape index (κ2) is 0.710. The Bertz CT molecular complexity index is 470. The smallest absolute Gasteiger partial charge is 0.0506 e. The highest BCUT2D eigenvalue weighted by Crippen LogP contribution is 3.27. The van der Waals surface area contributed by atoms with Crippen LogP contribution in [0.4, 0.5) is 0 Å². The van der Waals surface area contributed by atoms with E-state index in [0.717, 1.165) is 21.7 Å². The van der Waals surface area contributed by atoms with Crippen molar-refractivity contribution in [2.75, 3.05) is 0 Å². The van der Waals surface area contributed by atoms with Crippen molar-refractivity contribution in [3.63, 3.8) is 0 Å². The lowest BCUT2D eigenvalue weighted by molar-refractivity contribution is 0.148. The zero-order valence-electron chi connectivity index (χ0n) is 7.88. The highest BCUT2D eigenvalue weighted by Gasteiger charge is 3.37. The quantitative estimate of drug-likeness (QED) is 0.495. The number of rotatable bonds is 0. The maximum atomic E-state index is 2.20. The van der Waals surface area contributed by atoms with E-state index in [2.05, 4.69) is 11.8 Å². The van der Waals surface area contributed by atoms with E-state index in [0.29, 0.717) is 0 Å². The fourth-order valence-corrected chi connectivity index (χ4v) is 10.2. The van der Waals surface area contributed by atoms with E-state index in [1.165, 1.54) is 35.5 Å². The Hall–Kier alpha value is -0.260. The Labute approximate surface area is 82.4 Å². The topological polar surface area (TPSA) is 0 Å². The third kappa shape index (κ3) is 0.131. The molecule has 0 aromatic carbocycles. The van der Waals surface area contributed by atoms with Crippen molar-refractivity contribution in [2.45, 2.75) is 12.8 Å². The summed E-state index contributed by atoms with van der Waals surface area (Å²) in [7, 11) is 0. The normalized spacial score (nSPS) is 110. The molecule has 8 unspecified atom stereocenters. The van der Waals surface area contributed by atoms with Crippen molar-refractivity contribution >= 4 is 0 Å². The van der Waals surface area contributed by atoms with Gasteiger partial charge in [0.05, 0.1) is 36.5 Å². The fourth-order valence-electron chi connectivity index (χ4n) is 10.2. The summed E-state index contributed by atoms with van der Waals surface area (Å²) in [4.78, 5) is 0. The van der Waals surface area contributed by atoms with Crippen LogP contribution in [0.15, 0.2) is 0 Å². The summed E-state index contributed by atoms with van der Waals surface area (Å²) in [6.07, 6.45) is 3.40. The number of hydrogen-bond acceptors (Lipinski definition) is 0. The summed E-state index contributed by atoms with van der Waals surface area (Å²) in [5.74, 6) is 12.0. The van der Waals surface area contributed by atoms with Crippen LogP contribution in [0.1, 0.15) is 12.8 Å². The minimum atomic E-state index is 0.984. The van der Waals surface area contributed by atoms with E-state index < -0.39 is 0 Å². The van der Waals surface area contributed by atoms with Crippen LogP contribution in [-0.4, -0.2) is 0 Å². The van der Waals surface area contributed by atoms with E-state index in [9.17, 15) is 0 Å². The summed E-state index contributed by atoms with van der Waals surface area (Å²) >= 11 is 0. The molecule has 10 aliphatic carbocycles. The Morgan fingerprint density at radius 3 is 1.36 bits per heavy atom. The predicted octanol–water partition coefficient (Wildman–Crippen LogP) is 1.68. The zero-order chi connectivity index (χ0) is 8.03. The van der Waals surface area contributed by atoms with Gasteiger partial charge in [-0.2, -0.15) is 0 Å². The zero-order valence-corrected chi connectivity index (χ0v) is 7.88. The molecule has 0 aromatic heterocycles. The lowest BCUT2D eigenvalue weighted by atomic mass is 9.72. The van der Waals surface area contributed by atoms with Crippen LogP contribution in [0.2, 0.25) is 0 Å².